The van der Waals surface area contributed by atoms with E-state index < -0.39 is 6.04 Å². The van der Waals surface area contributed by atoms with Gasteiger partial charge < -0.3 is 10.1 Å². The summed E-state index contributed by atoms with van der Waals surface area (Å²) < 4.78 is 7.75. The van der Waals surface area contributed by atoms with Gasteiger partial charge in [-0.25, -0.2) is 4.68 Å². The number of aromatic nitrogens is 4. The van der Waals surface area contributed by atoms with Crippen molar-refractivity contribution in [3.63, 3.8) is 0 Å². The molecule has 1 saturated carbocycles. The van der Waals surface area contributed by atoms with E-state index in [4.69, 9.17) is 4.74 Å². The second-order valence-electron chi connectivity index (χ2n) is 8.12. The second kappa shape index (κ2) is 10.2. The fourth-order valence-corrected chi connectivity index (χ4v) is 4.06. The number of tetrazole rings is 1. The van der Waals surface area contributed by atoms with Crippen LogP contribution in [0.5, 0.6) is 5.75 Å². The molecule has 1 aliphatic rings. The molecule has 4 rings (SSSR count). The van der Waals surface area contributed by atoms with Crippen molar-refractivity contribution in [2.24, 2.45) is 0 Å². The van der Waals surface area contributed by atoms with E-state index in [2.05, 4.69) is 20.8 Å². The van der Waals surface area contributed by atoms with Gasteiger partial charge in [0.1, 0.15) is 17.6 Å². The van der Waals surface area contributed by atoms with Gasteiger partial charge in [-0.3, -0.25) is 4.79 Å². The SMILES string of the molecule is Cc1nnnn1C(Cc1ccccc1)C(=O)NCc1cccc(OC2CCCCC2)c1. The Morgan fingerprint density at radius 1 is 1.10 bits per heavy atom. The quantitative estimate of drug-likeness (QED) is 0.601. The van der Waals surface area contributed by atoms with Gasteiger partial charge in [-0.1, -0.05) is 48.9 Å². The first-order valence-corrected chi connectivity index (χ1v) is 11.0. The second-order valence-corrected chi connectivity index (χ2v) is 8.12. The maximum atomic E-state index is 13.1. The van der Waals surface area contributed by atoms with Crippen molar-refractivity contribution in [3.05, 3.63) is 71.5 Å². The molecule has 1 aliphatic carbocycles. The molecule has 1 amide bonds. The molecule has 3 aromatic rings. The molecule has 1 aromatic heterocycles. The van der Waals surface area contributed by atoms with Crippen LogP contribution in [0.2, 0.25) is 0 Å². The van der Waals surface area contributed by atoms with Gasteiger partial charge >= 0.3 is 0 Å². The third kappa shape index (κ3) is 5.69. The Bertz CT molecular complexity index is 982. The largest absolute Gasteiger partial charge is 0.490 e. The summed E-state index contributed by atoms with van der Waals surface area (Å²) in [5.74, 6) is 1.37. The van der Waals surface area contributed by atoms with E-state index in [-0.39, 0.29) is 5.91 Å². The summed E-state index contributed by atoms with van der Waals surface area (Å²) in [6.07, 6.45) is 6.83. The van der Waals surface area contributed by atoms with Crippen molar-refractivity contribution in [1.29, 1.82) is 0 Å². The molecule has 7 heteroatoms. The van der Waals surface area contributed by atoms with E-state index in [1.807, 2.05) is 54.6 Å². The number of hydrogen-bond donors (Lipinski definition) is 1. The predicted molar refractivity (Wildman–Crippen MR) is 118 cm³/mol. The molecule has 1 N–H and O–H groups in total. The average Bonchev–Trinajstić information content (AvgIpc) is 3.23. The summed E-state index contributed by atoms with van der Waals surface area (Å²) in [7, 11) is 0. The normalized spacial score (nSPS) is 15.4. The molecule has 1 heterocycles. The summed E-state index contributed by atoms with van der Waals surface area (Å²) in [4.78, 5) is 13.1. The number of carbonyl (C=O) groups is 1. The van der Waals surface area contributed by atoms with E-state index in [9.17, 15) is 4.79 Å². The molecule has 0 spiro atoms. The number of amides is 1. The third-order valence-corrected chi connectivity index (χ3v) is 5.75. The number of aryl methyl sites for hydroxylation is 1. The van der Waals surface area contributed by atoms with Gasteiger partial charge in [0, 0.05) is 13.0 Å². The number of nitrogens with zero attached hydrogens (tertiary/aromatic N) is 4. The lowest BCUT2D eigenvalue weighted by atomic mass is 9.98. The molecule has 0 radical (unpaired) electrons. The smallest absolute Gasteiger partial charge is 0.245 e. The molecule has 31 heavy (non-hydrogen) atoms. The van der Waals surface area contributed by atoms with E-state index in [1.54, 1.807) is 11.6 Å². The van der Waals surface area contributed by atoms with E-state index in [1.165, 1.54) is 19.3 Å². The summed E-state index contributed by atoms with van der Waals surface area (Å²) in [6, 6.07) is 17.4. The maximum Gasteiger partial charge on any atom is 0.245 e. The number of ether oxygens (including phenoxy) is 1. The highest BCUT2D eigenvalue weighted by atomic mass is 16.5. The van der Waals surface area contributed by atoms with Gasteiger partial charge in [0.2, 0.25) is 5.91 Å². The number of benzene rings is 2. The van der Waals surface area contributed by atoms with Gasteiger partial charge in [-0.05, 0) is 66.3 Å². The van der Waals surface area contributed by atoms with Crippen molar-refractivity contribution < 1.29 is 9.53 Å². The minimum absolute atomic E-state index is 0.113. The monoisotopic (exact) mass is 419 g/mol. The van der Waals surface area contributed by atoms with Crippen molar-refractivity contribution in [3.8, 4) is 5.75 Å². The van der Waals surface area contributed by atoms with Gasteiger partial charge in [0.25, 0.3) is 0 Å². The molecule has 0 saturated heterocycles. The van der Waals surface area contributed by atoms with Crippen LogP contribution >= 0.6 is 0 Å². The van der Waals surface area contributed by atoms with Crippen molar-refractivity contribution in [1.82, 2.24) is 25.5 Å². The Labute approximate surface area is 182 Å². The van der Waals surface area contributed by atoms with Crippen molar-refractivity contribution in [2.45, 2.75) is 64.1 Å². The van der Waals surface area contributed by atoms with Crippen LogP contribution in [0.3, 0.4) is 0 Å². The fourth-order valence-electron chi connectivity index (χ4n) is 4.06. The Hall–Kier alpha value is -3.22. The first-order chi connectivity index (χ1) is 15.2. The van der Waals surface area contributed by atoms with E-state index in [0.29, 0.717) is 24.9 Å². The predicted octanol–water partition coefficient (Wildman–Crippen LogP) is 3.79. The standard InChI is InChI=1S/C24H29N5O2/c1-18-26-27-28-29(18)23(16-19-9-4-2-5-10-19)24(30)25-17-20-11-8-14-22(15-20)31-21-12-6-3-7-13-21/h2,4-5,8-11,14-15,21,23H,3,6-7,12-13,16-17H2,1H3,(H,25,30). The lowest BCUT2D eigenvalue weighted by Gasteiger charge is -2.23. The lowest BCUT2D eigenvalue weighted by Crippen LogP contribution is -2.34. The zero-order valence-corrected chi connectivity index (χ0v) is 17.9. The highest BCUT2D eigenvalue weighted by Gasteiger charge is 2.24. The van der Waals surface area contributed by atoms with Crippen LogP contribution in [0.1, 0.15) is 55.1 Å². The van der Waals surface area contributed by atoms with Crippen LogP contribution in [-0.4, -0.2) is 32.2 Å². The Kier molecular flexibility index (Phi) is 6.92. The van der Waals surface area contributed by atoms with Gasteiger partial charge in [0.15, 0.2) is 0 Å². The third-order valence-electron chi connectivity index (χ3n) is 5.75. The first kappa shape index (κ1) is 21.0. The Morgan fingerprint density at radius 3 is 2.61 bits per heavy atom. The van der Waals surface area contributed by atoms with Crippen LogP contribution in [0.25, 0.3) is 0 Å². The van der Waals surface area contributed by atoms with Gasteiger partial charge in [-0.2, -0.15) is 0 Å². The topological polar surface area (TPSA) is 81.9 Å². The molecule has 7 nitrogen and oxygen atoms in total. The van der Waals surface area contributed by atoms with Gasteiger partial charge in [-0.15, -0.1) is 5.10 Å². The maximum absolute atomic E-state index is 13.1. The van der Waals surface area contributed by atoms with Crippen molar-refractivity contribution in [2.75, 3.05) is 0 Å². The fraction of sp³-hybridized carbons (Fsp3) is 0.417. The lowest BCUT2D eigenvalue weighted by molar-refractivity contribution is -0.124. The zero-order chi connectivity index (χ0) is 21.5. The average molecular weight is 420 g/mol. The van der Waals surface area contributed by atoms with Crippen LogP contribution in [0.15, 0.2) is 54.6 Å². The molecule has 162 valence electrons. The van der Waals surface area contributed by atoms with Crippen LogP contribution in [0, 0.1) is 6.92 Å². The first-order valence-electron chi connectivity index (χ1n) is 11.0. The summed E-state index contributed by atoms with van der Waals surface area (Å²) in [6.45, 7) is 2.23. The van der Waals surface area contributed by atoms with E-state index >= 15 is 0 Å². The molecular formula is C24H29N5O2. The molecule has 2 aromatic carbocycles. The number of rotatable bonds is 8. The van der Waals surface area contributed by atoms with Crippen LogP contribution in [-0.2, 0) is 17.8 Å². The highest BCUT2D eigenvalue weighted by Crippen LogP contribution is 2.24. The minimum Gasteiger partial charge on any atom is -0.490 e. The number of hydrogen-bond acceptors (Lipinski definition) is 5. The molecule has 1 unspecified atom stereocenters. The molecule has 0 bridgehead atoms. The minimum atomic E-state index is -0.515. The Morgan fingerprint density at radius 2 is 1.87 bits per heavy atom. The number of carbonyl (C=O) groups excluding carboxylic acids is 1. The van der Waals surface area contributed by atoms with Crippen LogP contribution in [0.4, 0.5) is 0 Å². The summed E-state index contributed by atoms with van der Waals surface area (Å²) in [5, 5.41) is 14.8. The van der Waals surface area contributed by atoms with Crippen LogP contribution < -0.4 is 10.1 Å². The summed E-state index contributed by atoms with van der Waals surface area (Å²) in [5.41, 5.74) is 2.06. The van der Waals surface area contributed by atoms with Gasteiger partial charge in [0.05, 0.1) is 6.10 Å². The molecular weight excluding hydrogens is 390 g/mol. The molecule has 1 fully saturated rings. The van der Waals surface area contributed by atoms with Crippen molar-refractivity contribution >= 4 is 5.91 Å². The zero-order valence-electron chi connectivity index (χ0n) is 17.9. The summed E-state index contributed by atoms with van der Waals surface area (Å²) >= 11 is 0. The number of nitrogens with one attached hydrogen (secondary N) is 1. The molecule has 0 aliphatic heterocycles. The molecule has 1 atom stereocenters. The van der Waals surface area contributed by atoms with E-state index in [0.717, 1.165) is 29.7 Å². The Balaban J connectivity index is 1.41. The highest BCUT2D eigenvalue weighted by molar-refractivity contribution is 5.80.